The van der Waals surface area contributed by atoms with Crippen molar-refractivity contribution in [1.82, 2.24) is 4.90 Å². The van der Waals surface area contributed by atoms with Crippen molar-refractivity contribution in [3.63, 3.8) is 0 Å². The van der Waals surface area contributed by atoms with E-state index in [1.54, 1.807) is 12.0 Å². The number of rotatable bonds is 5. The van der Waals surface area contributed by atoms with Crippen LogP contribution >= 0.6 is 0 Å². The summed E-state index contributed by atoms with van der Waals surface area (Å²) in [5.41, 5.74) is 2.55. The van der Waals surface area contributed by atoms with E-state index in [0.29, 0.717) is 30.9 Å². The van der Waals surface area contributed by atoms with Gasteiger partial charge in [-0.05, 0) is 17.7 Å². The summed E-state index contributed by atoms with van der Waals surface area (Å²) in [6, 6.07) is 11.8. The number of amides is 1. The van der Waals surface area contributed by atoms with Crippen LogP contribution in [0.3, 0.4) is 0 Å². The topological polar surface area (TPSA) is 72.3 Å². The zero-order valence-electron chi connectivity index (χ0n) is 14.9. The smallest absolute Gasteiger partial charge is 0.223 e. The Balaban J connectivity index is 1.55. The predicted octanol–water partition coefficient (Wildman–Crippen LogP) is 2.88. The van der Waals surface area contributed by atoms with Gasteiger partial charge in [-0.2, -0.15) is 0 Å². The number of carbonyl (C=O) groups is 2. The largest absolute Gasteiger partial charge is 0.493 e. The second-order valence-corrected chi connectivity index (χ2v) is 7.12. The molecule has 5 rings (SSSR count). The molecule has 3 aromatic rings. The highest BCUT2D eigenvalue weighted by Crippen LogP contribution is 2.41. The predicted molar refractivity (Wildman–Crippen MR) is 99.0 cm³/mol. The van der Waals surface area contributed by atoms with Gasteiger partial charge in [0.05, 0.1) is 20.3 Å². The molecule has 6 nitrogen and oxygen atoms in total. The van der Waals surface area contributed by atoms with Crippen molar-refractivity contribution in [2.45, 2.75) is 18.4 Å². The molecule has 1 amide bonds. The molecule has 0 spiro atoms. The molecule has 2 unspecified atom stereocenters. The fourth-order valence-corrected chi connectivity index (χ4v) is 3.99. The van der Waals surface area contributed by atoms with Gasteiger partial charge >= 0.3 is 0 Å². The van der Waals surface area contributed by atoms with Crippen LogP contribution in [0.1, 0.15) is 17.9 Å². The molecule has 2 fully saturated rings. The van der Waals surface area contributed by atoms with Crippen molar-refractivity contribution in [1.29, 1.82) is 0 Å². The molecule has 2 atom stereocenters. The second kappa shape index (κ2) is 6.09. The molecule has 0 radical (unpaired) electrons. The third kappa shape index (κ3) is 2.68. The summed E-state index contributed by atoms with van der Waals surface area (Å²) < 4.78 is 16.5. The first-order chi connectivity index (χ1) is 13.2. The summed E-state index contributed by atoms with van der Waals surface area (Å²) in [5, 5.41) is 2.00. The normalized spacial score (nSPS) is 22.0. The average molecular weight is 365 g/mol. The first-order valence-electron chi connectivity index (χ1n) is 9.06. The summed E-state index contributed by atoms with van der Waals surface area (Å²) in [7, 11) is 1.62. The Morgan fingerprint density at radius 1 is 1.26 bits per heavy atom. The molecule has 0 aliphatic carbocycles. The van der Waals surface area contributed by atoms with Crippen molar-refractivity contribution in [3.05, 3.63) is 42.0 Å². The number of benzene rings is 2. The van der Waals surface area contributed by atoms with Crippen molar-refractivity contribution in [3.8, 4) is 5.75 Å². The lowest BCUT2D eigenvalue weighted by Crippen LogP contribution is -2.33. The molecule has 2 aliphatic heterocycles. The molecule has 2 saturated heterocycles. The van der Waals surface area contributed by atoms with Crippen molar-refractivity contribution in [2.75, 3.05) is 26.8 Å². The summed E-state index contributed by atoms with van der Waals surface area (Å²) in [6.07, 6.45) is 0.0714. The summed E-state index contributed by atoms with van der Waals surface area (Å²) in [5.74, 6) is 0.676. The fourth-order valence-electron chi connectivity index (χ4n) is 3.99. The van der Waals surface area contributed by atoms with Gasteiger partial charge < -0.3 is 18.8 Å². The number of hydrogen-bond donors (Lipinski definition) is 0. The molecule has 2 aliphatic rings. The number of methoxy groups -OCH3 is 1. The molecule has 3 heterocycles. The van der Waals surface area contributed by atoms with Gasteiger partial charge in [0, 0.05) is 29.7 Å². The first kappa shape index (κ1) is 16.3. The molecule has 0 saturated carbocycles. The van der Waals surface area contributed by atoms with Crippen LogP contribution in [0.15, 0.2) is 40.8 Å². The van der Waals surface area contributed by atoms with Crippen molar-refractivity contribution < 1.29 is 23.5 Å². The average Bonchev–Trinajstić information content (AvgIpc) is 3.37. The summed E-state index contributed by atoms with van der Waals surface area (Å²) >= 11 is 0. The SMILES string of the molecule is COc1ccc(C2CC(=O)N(CC(=O)C3CO3)C2)c2c1oc1ccccc12. The maximum atomic E-state index is 12.5. The lowest BCUT2D eigenvalue weighted by molar-refractivity contribution is -0.132. The van der Waals surface area contributed by atoms with Crippen LogP contribution in [-0.2, 0) is 14.3 Å². The molecule has 1 aromatic heterocycles. The number of fused-ring (bicyclic) bond motifs is 3. The molecule has 6 heteroatoms. The first-order valence-corrected chi connectivity index (χ1v) is 9.06. The lowest BCUT2D eigenvalue weighted by Gasteiger charge is -2.16. The number of carbonyl (C=O) groups excluding carboxylic acids is 2. The number of likely N-dealkylation sites (tertiary alicyclic amines) is 1. The molecular formula is C21H19NO5. The number of ketones is 1. The van der Waals surface area contributed by atoms with E-state index >= 15 is 0 Å². The Morgan fingerprint density at radius 2 is 2.07 bits per heavy atom. The number of para-hydroxylation sites is 1. The minimum Gasteiger partial charge on any atom is -0.493 e. The van der Waals surface area contributed by atoms with Crippen molar-refractivity contribution >= 4 is 33.6 Å². The number of ether oxygens (including phenoxy) is 2. The van der Waals surface area contributed by atoms with Gasteiger partial charge in [0.2, 0.25) is 5.91 Å². The Hall–Kier alpha value is -2.86. The molecule has 2 aromatic carbocycles. The number of Topliss-reactive ketones (excluding diaryl/α,β-unsaturated/α-hetero) is 1. The second-order valence-electron chi connectivity index (χ2n) is 7.12. The zero-order valence-corrected chi connectivity index (χ0v) is 14.9. The van der Waals surface area contributed by atoms with Crippen LogP contribution in [0, 0.1) is 0 Å². The third-order valence-corrected chi connectivity index (χ3v) is 5.44. The van der Waals surface area contributed by atoms with Crippen LogP contribution in [0.25, 0.3) is 21.9 Å². The monoisotopic (exact) mass is 365 g/mol. The van der Waals surface area contributed by atoms with Gasteiger partial charge in [-0.3, -0.25) is 9.59 Å². The van der Waals surface area contributed by atoms with E-state index in [1.165, 1.54) is 0 Å². The molecule has 0 bridgehead atoms. The highest BCUT2D eigenvalue weighted by Gasteiger charge is 2.37. The highest BCUT2D eigenvalue weighted by atomic mass is 16.6. The van der Waals surface area contributed by atoms with Gasteiger partial charge in [0.15, 0.2) is 17.1 Å². The van der Waals surface area contributed by atoms with Crippen LogP contribution < -0.4 is 4.74 Å². The minimum absolute atomic E-state index is 0.00534. The number of epoxide rings is 1. The fraction of sp³-hybridized carbons (Fsp3) is 0.333. The van der Waals surface area contributed by atoms with E-state index in [0.717, 1.165) is 21.9 Å². The third-order valence-electron chi connectivity index (χ3n) is 5.44. The zero-order chi connectivity index (χ0) is 18.5. The van der Waals surface area contributed by atoms with Gasteiger partial charge in [0.1, 0.15) is 11.7 Å². The van der Waals surface area contributed by atoms with Crippen molar-refractivity contribution in [2.24, 2.45) is 0 Å². The molecular weight excluding hydrogens is 346 g/mol. The van der Waals surface area contributed by atoms with E-state index in [9.17, 15) is 9.59 Å². The van der Waals surface area contributed by atoms with E-state index in [-0.39, 0.29) is 30.3 Å². The lowest BCUT2D eigenvalue weighted by atomic mass is 9.93. The van der Waals surface area contributed by atoms with Gasteiger partial charge in [-0.25, -0.2) is 0 Å². The van der Waals surface area contributed by atoms with Gasteiger partial charge in [-0.1, -0.05) is 24.3 Å². The molecule has 0 N–H and O–H groups in total. The van der Waals surface area contributed by atoms with Gasteiger partial charge in [0.25, 0.3) is 0 Å². The Bertz CT molecular complexity index is 1070. The van der Waals surface area contributed by atoms with Crippen LogP contribution in [0.4, 0.5) is 0 Å². The van der Waals surface area contributed by atoms with Gasteiger partial charge in [-0.15, -0.1) is 0 Å². The van der Waals surface area contributed by atoms with E-state index in [4.69, 9.17) is 13.9 Å². The quantitative estimate of drug-likeness (QED) is 0.650. The Labute approximate surface area is 155 Å². The molecule has 138 valence electrons. The maximum Gasteiger partial charge on any atom is 0.223 e. The van der Waals surface area contributed by atoms with Crippen LogP contribution in [0.5, 0.6) is 5.75 Å². The maximum absolute atomic E-state index is 12.5. The number of furan rings is 1. The number of hydrogen-bond acceptors (Lipinski definition) is 5. The van der Waals surface area contributed by atoms with E-state index in [2.05, 4.69) is 0 Å². The Morgan fingerprint density at radius 3 is 2.85 bits per heavy atom. The minimum atomic E-state index is -0.317. The van der Waals surface area contributed by atoms with E-state index in [1.807, 2.05) is 36.4 Å². The van der Waals surface area contributed by atoms with Crippen LogP contribution in [0.2, 0.25) is 0 Å². The summed E-state index contributed by atoms with van der Waals surface area (Å²) in [4.78, 5) is 26.2. The Kier molecular flexibility index (Phi) is 3.68. The standard InChI is InChI=1S/C21H19NO5/c1-25-17-7-6-13(20-14-4-2-3-5-16(14)27-21(17)20)12-8-19(24)22(9-12)10-15(23)18-11-26-18/h2-7,12,18H,8-11H2,1H3. The van der Waals surface area contributed by atoms with E-state index < -0.39 is 0 Å². The summed E-state index contributed by atoms with van der Waals surface area (Å²) in [6.45, 7) is 1.13. The number of nitrogens with zero attached hydrogens (tertiary/aromatic N) is 1. The highest BCUT2D eigenvalue weighted by molar-refractivity contribution is 6.09. The van der Waals surface area contributed by atoms with Crippen LogP contribution in [-0.4, -0.2) is 49.5 Å². The molecule has 27 heavy (non-hydrogen) atoms.